The number of unbranched alkanes of at least 4 members (excludes halogenated alkanes) is 15. The summed E-state index contributed by atoms with van der Waals surface area (Å²) in [6, 6.07) is 0. The molecule has 0 saturated carbocycles. The average Bonchev–Trinajstić information content (AvgIpc) is 2.45. The van der Waals surface area contributed by atoms with Gasteiger partial charge in [0.05, 0.1) is 0 Å². The normalized spacial score (nSPS) is 11.4. The average molecular weight is 358 g/mol. The Kier molecular flexibility index (Phi) is 22.3. The van der Waals surface area contributed by atoms with Crippen LogP contribution in [0.4, 0.5) is 0 Å². The largest absolute Gasteiger partial charge is 1.00 e. The first-order valence-corrected chi connectivity index (χ1v) is 11.4. The van der Waals surface area contributed by atoms with Crippen LogP contribution < -0.4 is 29.6 Å². The molecule has 0 aliphatic carbocycles. The van der Waals surface area contributed by atoms with Crippen LogP contribution in [0, 0.1) is 0 Å². The molecular weight excluding hydrogens is 318 g/mol. The zero-order valence-electron chi connectivity index (χ0n) is 16.8. The predicted molar refractivity (Wildman–Crippen MR) is 97.6 cm³/mol. The van der Waals surface area contributed by atoms with Gasteiger partial charge in [0.25, 0.3) is 0 Å². The third kappa shape index (κ3) is 25.5. The summed E-state index contributed by atoms with van der Waals surface area (Å²) in [6.45, 7) is 2.27. The minimum Gasteiger partial charge on any atom is -1.00 e. The Bertz CT molecular complexity index is 275. The van der Waals surface area contributed by atoms with Crippen LogP contribution in [0.3, 0.4) is 0 Å². The summed E-state index contributed by atoms with van der Waals surface area (Å²) < 4.78 is 10.7. The van der Waals surface area contributed by atoms with Gasteiger partial charge in [0, 0.05) is 6.16 Å². The molecule has 0 aromatic heterocycles. The van der Waals surface area contributed by atoms with E-state index in [0.29, 0.717) is 6.42 Å². The molecule has 0 amide bonds. The van der Waals surface area contributed by atoms with Gasteiger partial charge in [-0.25, -0.2) is 0 Å². The molecular formula is C18H40NaO3P. The summed E-state index contributed by atoms with van der Waals surface area (Å²) >= 11 is 0. The van der Waals surface area contributed by atoms with Crippen molar-refractivity contribution in [3.8, 4) is 0 Å². The van der Waals surface area contributed by atoms with Crippen molar-refractivity contribution >= 4 is 7.60 Å². The summed E-state index contributed by atoms with van der Waals surface area (Å²) in [5.41, 5.74) is 0. The van der Waals surface area contributed by atoms with Crippen LogP contribution in [0.2, 0.25) is 0 Å². The molecule has 0 aromatic rings. The van der Waals surface area contributed by atoms with Gasteiger partial charge in [-0.2, -0.15) is 0 Å². The first-order chi connectivity index (χ1) is 10.6. The fourth-order valence-electron chi connectivity index (χ4n) is 2.87. The molecule has 5 heteroatoms. The van der Waals surface area contributed by atoms with E-state index in [1.807, 2.05) is 0 Å². The third-order valence-electron chi connectivity index (χ3n) is 4.30. The monoisotopic (exact) mass is 358 g/mol. The maximum absolute atomic E-state index is 10.7. The predicted octanol–water partition coefficient (Wildman–Crippen LogP) is 3.54. The van der Waals surface area contributed by atoms with Crippen LogP contribution in [-0.4, -0.2) is 15.9 Å². The first-order valence-electron chi connectivity index (χ1n) is 9.61. The molecule has 0 atom stereocenters. The Morgan fingerprint density at radius 1 is 0.609 bits per heavy atom. The van der Waals surface area contributed by atoms with E-state index in [9.17, 15) is 4.57 Å². The van der Waals surface area contributed by atoms with Crippen molar-refractivity contribution in [2.24, 2.45) is 0 Å². The van der Waals surface area contributed by atoms with E-state index in [0.717, 1.165) is 12.8 Å². The Balaban J connectivity index is -0.00000220. The van der Waals surface area contributed by atoms with E-state index >= 15 is 0 Å². The summed E-state index contributed by atoms with van der Waals surface area (Å²) in [5.74, 6) is 0. The number of hydrogen-bond donors (Lipinski definition) is 2. The molecule has 0 heterocycles. The molecule has 0 aliphatic heterocycles. The van der Waals surface area contributed by atoms with Gasteiger partial charge in [-0.05, 0) is 6.42 Å². The van der Waals surface area contributed by atoms with Crippen LogP contribution in [0.5, 0.6) is 0 Å². The standard InChI is InChI=1S/C18H39O3P.Na.H/c1-2-3-4-5-6-7-8-9-10-11-12-13-14-15-16-17-18-22(19,20)21;;/h2-18H2,1H3,(H2,19,20,21);;/q;+1;-1. The van der Waals surface area contributed by atoms with Crippen LogP contribution >= 0.6 is 7.60 Å². The van der Waals surface area contributed by atoms with Gasteiger partial charge in [-0.1, -0.05) is 103 Å². The third-order valence-corrected chi connectivity index (χ3v) is 5.20. The molecule has 136 valence electrons. The molecule has 0 fully saturated rings. The summed E-state index contributed by atoms with van der Waals surface area (Å²) in [6.07, 6.45) is 20.6. The van der Waals surface area contributed by atoms with E-state index < -0.39 is 7.60 Å². The molecule has 23 heavy (non-hydrogen) atoms. The number of rotatable bonds is 17. The maximum Gasteiger partial charge on any atom is 1.00 e. The molecule has 3 nitrogen and oxygen atoms in total. The van der Waals surface area contributed by atoms with Crippen molar-refractivity contribution in [1.82, 2.24) is 0 Å². The maximum atomic E-state index is 10.7. The van der Waals surface area contributed by atoms with Crippen molar-refractivity contribution < 1.29 is 45.3 Å². The van der Waals surface area contributed by atoms with E-state index in [2.05, 4.69) is 6.92 Å². The summed E-state index contributed by atoms with van der Waals surface area (Å²) in [5, 5.41) is 0. The van der Waals surface area contributed by atoms with Crippen LogP contribution in [0.25, 0.3) is 0 Å². The Morgan fingerprint density at radius 3 is 1.13 bits per heavy atom. The zero-order chi connectivity index (χ0) is 16.5. The second kappa shape index (κ2) is 19.5. The smallest absolute Gasteiger partial charge is 1.00 e. The molecule has 0 saturated heterocycles. The van der Waals surface area contributed by atoms with Gasteiger partial charge in [0.1, 0.15) is 0 Å². The minimum atomic E-state index is -3.75. The van der Waals surface area contributed by atoms with Crippen molar-refractivity contribution in [2.75, 3.05) is 6.16 Å². The van der Waals surface area contributed by atoms with Gasteiger partial charge in [-0.3, -0.25) is 4.57 Å². The second-order valence-electron chi connectivity index (χ2n) is 6.69. The minimum absolute atomic E-state index is 0. The molecule has 2 N–H and O–H groups in total. The summed E-state index contributed by atoms with van der Waals surface area (Å²) in [4.78, 5) is 17.5. The SMILES string of the molecule is CCCCCCCCCCCCCCCCCCP(=O)(O)O.[H-].[Na+]. The Morgan fingerprint density at radius 2 is 0.870 bits per heavy atom. The zero-order valence-corrected chi connectivity index (χ0v) is 18.7. The van der Waals surface area contributed by atoms with E-state index in [4.69, 9.17) is 9.79 Å². The molecule has 0 unspecified atom stereocenters. The van der Waals surface area contributed by atoms with E-state index in [1.54, 1.807) is 0 Å². The van der Waals surface area contributed by atoms with Crippen molar-refractivity contribution in [1.29, 1.82) is 0 Å². The number of hydrogen-bond acceptors (Lipinski definition) is 1. The molecule has 0 rings (SSSR count). The fourth-order valence-corrected chi connectivity index (χ4v) is 3.50. The van der Waals surface area contributed by atoms with Gasteiger partial charge in [0.15, 0.2) is 0 Å². The van der Waals surface area contributed by atoms with Gasteiger partial charge in [0.2, 0.25) is 0 Å². The van der Waals surface area contributed by atoms with E-state index in [1.165, 1.54) is 83.5 Å². The second-order valence-corrected chi connectivity index (χ2v) is 8.47. The Labute approximate surface area is 168 Å². The molecule has 0 aliphatic rings. The van der Waals surface area contributed by atoms with Crippen LogP contribution in [0.1, 0.15) is 111 Å². The van der Waals surface area contributed by atoms with Crippen molar-refractivity contribution in [3.63, 3.8) is 0 Å². The summed E-state index contributed by atoms with van der Waals surface area (Å²) in [7, 11) is -3.75. The van der Waals surface area contributed by atoms with Gasteiger partial charge in [-0.15, -0.1) is 0 Å². The molecule has 0 spiro atoms. The van der Waals surface area contributed by atoms with Gasteiger partial charge < -0.3 is 11.2 Å². The van der Waals surface area contributed by atoms with Crippen molar-refractivity contribution in [2.45, 2.75) is 110 Å². The quantitative estimate of drug-likeness (QED) is 0.238. The fraction of sp³-hybridized carbons (Fsp3) is 1.00. The van der Waals surface area contributed by atoms with Crippen LogP contribution in [-0.2, 0) is 4.57 Å². The molecule has 0 bridgehead atoms. The molecule has 0 radical (unpaired) electrons. The molecule has 0 aromatic carbocycles. The van der Waals surface area contributed by atoms with E-state index in [-0.39, 0.29) is 37.1 Å². The van der Waals surface area contributed by atoms with Gasteiger partial charge >= 0.3 is 37.2 Å². The topological polar surface area (TPSA) is 57.5 Å². The van der Waals surface area contributed by atoms with Crippen molar-refractivity contribution in [3.05, 3.63) is 0 Å². The van der Waals surface area contributed by atoms with Crippen LogP contribution in [0.15, 0.2) is 0 Å². The first kappa shape index (κ1) is 26.4. The Hall–Kier alpha value is 1.15.